The topological polar surface area (TPSA) is 58.2 Å². The van der Waals surface area contributed by atoms with E-state index in [1.807, 2.05) is 0 Å². The highest BCUT2D eigenvalue weighted by molar-refractivity contribution is 5.97. The van der Waals surface area contributed by atoms with E-state index >= 15 is 0 Å². The number of unbranched alkanes of at least 4 members (excludes halogenated alkanes) is 3. The number of carbonyl (C=O) groups excluding carboxylic acids is 2. The molecule has 0 saturated heterocycles. The molecule has 4 nitrogen and oxygen atoms in total. The summed E-state index contributed by atoms with van der Waals surface area (Å²) in [5.74, 6) is -0.0856. The van der Waals surface area contributed by atoms with Crippen molar-refractivity contribution in [1.29, 1.82) is 0 Å². The first-order valence-corrected chi connectivity index (χ1v) is 7.85. The van der Waals surface area contributed by atoms with Gasteiger partial charge in [0.05, 0.1) is 0 Å². The van der Waals surface area contributed by atoms with Crippen molar-refractivity contribution < 1.29 is 9.59 Å². The summed E-state index contributed by atoms with van der Waals surface area (Å²) in [5.41, 5.74) is 1.26. The van der Waals surface area contributed by atoms with Gasteiger partial charge in [-0.3, -0.25) is 9.59 Å². The highest BCUT2D eigenvalue weighted by atomic mass is 16.2. The Morgan fingerprint density at radius 2 is 1.81 bits per heavy atom. The fourth-order valence-corrected chi connectivity index (χ4v) is 1.98. The van der Waals surface area contributed by atoms with Gasteiger partial charge in [-0.15, -0.1) is 0 Å². The van der Waals surface area contributed by atoms with Crippen molar-refractivity contribution in [1.82, 2.24) is 5.32 Å². The highest BCUT2D eigenvalue weighted by Gasteiger charge is 2.07. The third kappa shape index (κ3) is 6.93. The van der Waals surface area contributed by atoms with Crippen molar-refractivity contribution in [2.75, 3.05) is 11.9 Å². The van der Waals surface area contributed by atoms with E-state index < -0.39 is 0 Å². The highest BCUT2D eigenvalue weighted by Crippen LogP contribution is 2.12. The molecule has 0 aliphatic rings. The maximum absolute atomic E-state index is 11.9. The minimum atomic E-state index is -0.0921. The molecule has 116 valence electrons. The van der Waals surface area contributed by atoms with Crippen molar-refractivity contribution in [2.24, 2.45) is 0 Å². The third-order valence-corrected chi connectivity index (χ3v) is 3.23. The summed E-state index contributed by atoms with van der Waals surface area (Å²) < 4.78 is 0. The molecule has 0 fully saturated rings. The van der Waals surface area contributed by atoms with Gasteiger partial charge >= 0.3 is 0 Å². The van der Waals surface area contributed by atoms with Crippen molar-refractivity contribution in [3.05, 3.63) is 29.8 Å². The number of hydrogen-bond acceptors (Lipinski definition) is 2. The molecule has 1 aromatic carbocycles. The van der Waals surface area contributed by atoms with Crippen LogP contribution in [-0.2, 0) is 4.79 Å². The number of nitrogens with one attached hydrogen (secondary N) is 2. The Hall–Kier alpha value is -1.84. The van der Waals surface area contributed by atoms with Crippen LogP contribution in [0.25, 0.3) is 0 Å². The van der Waals surface area contributed by atoms with Crippen LogP contribution in [0, 0.1) is 0 Å². The normalized spacial score (nSPS) is 10.2. The average molecular weight is 290 g/mol. The summed E-state index contributed by atoms with van der Waals surface area (Å²) in [6.45, 7) is 4.88. The molecule has 0 aliphatic heterocycles. The van der Waals surface area contributed by atoms with Crippen LogP contribution in [0.4, 0.5) is 5.69 Å². The van der Waals surface area contributed by atoms with Crippen LogP contribution in [0.5, 0.6) is 0 Å². The van der Waals surface area contributed by atoms with E-state index in [0.29, 0.717) is 24.2 Å². The number of benzene rings is 1. The summed E-state index contributed by atoms with van der Waals surface area (Å²) in [5, 5.41) is 5.72. The van der Waals surface area contributed by atoms with Gasteiger partial charge in [0.15, 0.2) is 0 Å². The fourth-order valence-electron chi connectivity index (χ4n) is 1.98. The van der Waals surface area contributed by atoms with E-state index in [4.69, 9.17) is 0 Å². The Morgan fingerprint density at radius 3 is 2.52 bits per heavy atom. The Bertz CT molecular complexity index is 458. The number of amides is 2. The van der Waals surface area contributed by atoms with Crippen LogP contribution in [0.3, 0.4) is 0 Å². The molecule has 21 heavy (non-hydrogen) atoms. The van der Waals surface area contributed by atoms with Crippen LogP contribution in [0.1, 0.15) is 62.7 Å². The molecule has 2 amide bonds. The lowest BCUT2D eigenvalue weighted by atomic mass is 10.1. The molecule has 0 atom stereocenters. The van der Waals surface area contributed by atoms with Gasteiger partial charge < -0.3 is 10.6 Å². The van der Waals surface area contributed by atoms with Crippen LogP contribution in [0.2, 0.25) is 0 Å². The molecule has 0 aliphatic carbocycles. The van der Waals surface area contributed by atoms with Gasteiger partial charge in [-0.1, -0.05) is 39.2 Å². The maximum Gasteiger partial charge on any atom is 0.251 e. The summed E-state index contributed by atoms with van der Waals surface area (Å²) in [4.78, 5) is 23.7. The number of carbonyl (C=O) groups is 2. The first kappa shape index (κ1) is 17.2. The van der Waals surface area contributed by atoms with E-state index in [1.54, 1.807) is 24.3 Å². The minimum Gasteiger partial charge on any atom is -0.352 e. The van der Waals surface area contributed by atoms with Crippen LogP contribution in [0.15, 0.2) is 24.3 Å². The van der Waals surface area contributed by atoms with Gasteiger partial charge in [0.2, 0.25) is 5.91 Å². The zero-order valence-electron chi connectivity index (χ0n) is 13.1. The lowest BCUT2D eigenvalue weighted by molar-refractivity contribution is -0.116. The van der Waals surface area contributed by atoms with E-state index in [1.165, 1.54) is 0 Å². The summed E-state index contributed by atoms with van der Waals surface area (Å²) in [6.07, 6.45) is 5.61. The van der Waals surface area contributed by atoms with E-state index in [2.05, 4.69) is 24.5 Å². The van der Waals surface area contributed by atoms with Crippen molar-refractivity contribution in [3.63, 3.8) is 0 Å². The van der Waals surface area contributed by atoms with Crippen LogP contribution in [-0.4, -0.2) is 18.4 Å². The second-order valence-electron chi connectivity index (χ2n) is 5.20. The quantitative estimate of drug-likeness (QED) is 0.681. The number of anilines is 1. The van der Waals surface area contributed by atoms with Crippen molar-refractivity contribution >= 4 is 17.5 Å². The number of rotatable bonds is 9. The van der Waals surface area contributed by atoms with Crippen molar-refractivity contribution in [3.8, 4) is 0 Å². The third-order valence-electron chi connectivity index (χ3n) is 3.23. The van der Waals surface area contributed by atoms with Crippen molar-refractivity contribution in [2.45, 2.75) is 52.4 Å². The molecule has 0 saturated carbocycles. The molecule has 0 spiro atoms. The predicted molar refractivity (Wildman–Crippen MR) is 86.5 cm³/mol. The van der Waals surface area contributed by atoms with Gasteiger partial charge in [0, 0.05) is 24.2 Å². The minimum absolute atomic E-state index is 0.00647. The second kappa shape index (κ2) is 9.97. The molecule has 2 N–H and O–H groups in total. The predicted octanol–water partition coefficient (Wildman–Crippen LogP) is 3.74. The Kier molecular flexibility index (Phi) is 8.17. The molecule has 0 aromatic heterocycles. The molecule has 0 unspecified atom stereocenters. The zero-order valence-corrected chi connectivity index (χ0v) is 13.1. The largest absolute Gasteiger partial charge is 0.352 e. The number of hydrogen-bond donors (Lipinski definition) is 2. The molecular formula is C17H26N2O2. The van der Waals surface area contributed by atoms with Crippen LogP contribution < -0.4 is 10.6 Å². The molecule has 1 rings (SSSR count). The van der Waals surface area contributed by atoms with Gasteiger partial charge in [-0.25, -0.2) is 0 Å². The Balaban J connectivity index is 2.51. The molecule has 0 radical (unpaired) electrons. The summed E-state index contributed by atoms with van der Waals surface area (Å²) >= 11 is 0. The average Bonchev–Trinajstić information content (AvgIpc) is 2.48. The smallest absolute Gasteiger partial charge is 0.251 e. The first-order valence-electron chi connectivity index (χ1n) is 7.85. The van der Waals surface area contributed by atoms with Gasteiger partial charge in [-0.05, 0) is 31.0 Å². The van der Waals surface area contributed by atoms with E-state index in [0.717, 1.165) is 32.1 Å². The van der Waals surface area contributed by atoms with Gasteiger partial charge in [0.1, 0.15) is 0 Å². The monoisotopic (exact) mass is 290 g/mol. The standard InChI is InChI=1S/C17H26N2O2/c1-3-5-7-11-16(20)19-15-10-8-9-14(13-15)17(21)18-12-6-4-2/h8-10,13H,3-7,11-12H2,1-2H3,(H,18,21)(H,19,20). The molecule has 0 bridgehead atoms. The Labute approximate surface area is 127 Å². The zero-order chi connectivity index (χ0) is 15.5. The molecule has 4 heteroatoms. The Morgan fingerprint density at radius 1 is 1.05 bits per heavy atom. The summed E-state index contributed by atoms with van der Waals surface area (Å²) in [6, 6.07) is 7.07. The first-order chi connectivity index (χ1) is 10.2. The SMILES string of the molecule is CCCCCC(=O)Nc1cccc(C(=O)NCCCC)c1. The molecule has 0 heterocycles. The van der Waals surface area contributed by atoms with E-state index in [-0.39, 0.29) is 11.8 Å². The second-order valence-corrected chi connectivity index (χ2v) is 5.20. The van der Waals surface area contributed by atoms with Gasteiger partial charge in [0.25, 0.3) is 5.91 Å². The van der Waals surface area contributed by atoms with Gasteiger partial charge in [-0.2, -0.15) is 0 Å². The molecular weight excluding hydrogens is 264 g/mol. The van der Waals surface area contributed by atoms with E-state index in [9.17, 15) is 9.59 Å². The summed E-state index contributed by atoms with van der Waals surface area (Å²) in [7, 11) is 0. The lowest BCUT2D eigenvalue weighted by Gasteiger charge is -2.08. The molecule has 1 aromatic rings. The lowest BCUT2D eigenvalue weighted by Crippen LogP contribution is -2.24. The maximum atomic E-state index is 11.9. The van der Waals surface area contributed by atoms with Crippen LogP contribution >= 0.6 is 0 Å². The fraction of sp³-hybridized carbons (Fsp3) is 0.529.